The first-order valence-corrected chi connectivity index (χ1v) is 7.35. The fourth-order valence-corrected chi connectivity index (χ4v) is 3.13. The van der Waals surface area contributed by atoms with Crippen molar-refractivity contribution in [3.8, 4) is 11.1 Å². The quantitative estimate of drug-likeness (QED) is 0.388. The lowest BCUT2D eigenvalue weighted by molar-refractivity contribution is 0.669. The van der Waals surface area contributed by atoms with E-state index in [9.17, 15) is 0 Å². The normalized spacial score (nSPS) is 11.3. The summed E-state index contributed by atoms with van der Waals surface area (Å²) in [5, 5.41) is 3.51. The lowest BCUT2D eigenvalue weighted by atomic mass is 10.0. The van der Waals surface area contributed by atoms with E-state index in [0.717, 1.165) is 33.1 Å². The second kappa shape index (κ2) is 4.80. The molecule has 4 rings (SSSR count). The number of furan rings is 1. The minimum Gasteiger partial charge on any atom is -0.456 e. The van der Waals surface area contributed by atoms with E-state index in [2.05, 4.69) is 18.2 Å². The van der Waals surface area contributed by atoms with Crippen LogP contribution in [0.4, 0.5) is 0 Å². The van der Waals surface area contributed by atoms with Gasteiger partial charge in [-0.1, -0.05) is 53.5 Å². The van der Waals surface area contributed by atoms with Crippen molar-refractivity contribution >= 4 is 45.1 Å². The highest BCUT2D eigenvalue weighted by Crippen LogP contribution is 2.35. The van der Waals surface area contributed by atoms with Crippen LogP contribution in [0.2, 0.25) is 10.0 Å². The number of hydrogen-bond donors (Lipinski definition) is 0. The zero-order valence-corrected chi connectivity index (χ0v) is 12.4. The summed E-state index contributed by atoms with van der Waals surface area (Å²) in [5.41, 5.74) is 3.72. The highest BCUT2D eigenvalue weighted by molar-refractivity contribution is 6.36. The second-order valence-electron chi connectivity index (χ2n) is 4.93. The first-order valence-electron chi connectivity index (χ1n) is 6.59. The number of fused-ring (bicyclic) bond motifs is 3. The molecule has 4 aromatic rings. The van der Waals surface area contributed by atoms with Crippen molar-refractivity contribution in [3.05, 3.63) is 70.7 Å². The van der Waals surface area contributed by atoms with E-state index in [4.69, 9.17) is 27.6 Å². The Morgan fingerprint density at radius 2 is 1.52 bits per heavy atom. The summed E-state index contributed by atoms with van der Waals surface area (Å²) in [6, 6.07) is 19.7. The largest absolute Gasteiger partial charge is 0.456 e. The van der Waals surface area contributed by atoms with Gasteiger partial charge in [-0.15, -0.1) is 0 Å². The molecule has 0 aliphatic rings. The van der Waals surface area contributed by atoms with Crippen molar-refractivity contribution in [2.24, 2.45) is 0 Å². The number of hydrogen-bond acceptors (Lipinski definition) is 1. The molecule has 0 aliphatic heterocycles. The van der Waals surface area contributed by atoms with E-state index in [1.807, 2.05) is 36.4 Å². The predicted octanol–water partition coefficient (Wildman–Crippen LogP) is 6.56. The van der Waals surface area contributed by atoms with Crippen molar-refractivity contribution < 1.29 is 4.42 Å². The molecule has 0 atom stereocenters. The second-order valence-corrected chi connectivity index (χ2v) is 5.78. The van der Waals surface area contributed by atoms with Crippen molar-refractivity contribution in [1.29, 1.82) is 0 Å². The summed E-state index contributed by atoms with van der Waals surface area (Å²) >= 11 is 12.2. The van der Waals surface area contributed by atoms with Gasteiger partial charge in [0.2, 0.25) is 0 Å². The molecule has 1 heterocycles. The zero-order valence-electron chi connectivity index (χ0n) is 10.9. The standard InChI is InChI=1S/C18H10Cl2O/c19-12-6-8-13(16(20)10-12)11-5-7-15-14-3-1-2-4-17(14)21-18(15)9-11/h1-10H. The van der Waals surface area contributed by atoms with Crippen molar-refractivity contribution in [1.82, 2.24) is 0 Å². The minimum absolute atomic E-state index is 0.633. The Hall–Kier alpha value is -1.96. The SMILES string of the molecule is Clc1ccc(-c2ccc3c(c2)oc2ccccc23)c(Cl)c1. The fourth-order valence-electron chi connectivity index (χ4n) is 2.62. The van der Waals surface area contributed by atoms with E-state index in [1.54, 1.807) is 6.07 Å². The lowest BCUT2D eigenvalue weighted by Crippen LogP contribution is -1.79. The molecule has 0 unspecified atom stereocenters. The molecule has 102 valence electrons. The van der Waals surface area contributed by atoms with Gasteiger partial charge in [-0.2, -0.15) is 0 Å². The summed E-state index contributed by atoms with van der Waals surface area (Å²) in [7, 11) is 0. The zero-order chi connectivity index (χ0) is 14.4. The van der Waals surface area contributed by atoms with Crippen molar-refractivity contribution in [3.63, 3.8) is 0 Å². The third-order valence-electron chi connectivity index (χ3n) is 3.62. The van der Waals surface area contributed by atoms with Crippen LogP contribution < -0.4 is 0 Å². The Balaban J connectivity index is 1.96. The summed E-state index contributed by atoms with van der Waals surface area (Å²) < 4.78 is 5.91. The molecule has 0 N–H and O–H groups in total. The molecule has 0 bridgehead atoms. The van der Waals surface area contributed by atoms with Gasteiger partial charge in [0.05, 0.1) is 0 Å². The molecule has 0 saturated carbocycles. The average molecular weight is 313 g/mol. The number of para-hydroxylation sites is 1. The van der Waals surface area contributed by atoms with Crippen LogP contribution in [0, 0.1) is 0 Å². The molecule has 3 aromatic carbocycles. The third kappa shape index (κ3) is 2.10. The molecule has 21 heavy (non-hydrogen) atoms. The van der Waals surface area contributed by atoms with Crippen molar-refractivity contribution in [2.75, 3.05) is 0 Å². The van der Waals surface area contributed by atoms with Crippen molar-refractivity contribution in [2.45, 2.75) is 0 Å². The number of halogens is 2. The Kier molecular flexibility index (Phi) is 2.91. The number of rotatable bonds is 1. The Morgan fingerprint density at radius 1 is 0.714 bits per heavy atom. The molecule has 0 amide bonds. The van der Waals surface area contributed by atoms with E-state index in [0.29, 0.717) is 10.0 Å². The fraction of sp³-hybridized carbons (Fsp3) is 0. The molecule has 0 aliphatic carbocycles. The van der Waals surface area contributed by atoms with Gasteiger partial charge < -0.3 is 4.42 Å². The molecule has 1 nitrogen and oxygen atoms in total. The first kappa shape index (κ1) is 12.8. The lowest BCUT2D eigenvalue weighted by Gasteiger charge is -2.05. The van der Waals surface area contributed by atoms with Gasteiger partial charge in [-0.05, 0) is 35.9 Å². The van der Waals surface area contributed by atoms with Gasteiger partial charge in [-0.3, -0.25) is 0 Å². The molecule has 3 heteroatoms. The highest BCUT2D eigenvalue weighted by atomic mass is 35.5. The van der Waals surface area contributed by atoms with E-state index in [-0.39, 0.29) is 0 Å². The molecule has 0 saturated heterocycles. The van der Waals surface area contributed by atoms with Crippen LogP contribution in [0.1, 0.15) is 0 Å². The monoisotopic (exact) mass is 312 g/mol. The molecular formula is C18H10Cl2O. The molecule has 0 radical (unpaired) electrons. The Labute approximate surface area is 131 Å². The van der Waals surface area contributed by atoms with E-state index in [1.165, 1.54) is 0 Å². The number of benzene rings is 3. The molecule has 0 spiro atoms. The van der Waals surface area contributed by atoms with Crippen LogP contribution >= 0.6 is 23.2 Å². The van der Waals surface area contributed by atoms with E-state index >= 15 is 0 Å². The third-order valence-corrected chi connectivity index (χ3v) is 4.17. The average Bonchev–Trinajstić information content (AvgIpc) is 2.84. The van der Waals surface area contributed by atoms with Crippen LogP contribution in [0.15, 0.2) is 65.1 Å². The Bertz CT molecular complexity index is 969. The van der Waals surface area contributed by atoms with Crippen LogP contribution in [-0.2, 0) is 0 Å². The topological polar surface area (TPSA) is 13.1 Å². The summed E-state index contributed by atoms with van der Waals surface area (Å²) in [4.78, 5) is 0. The maximum absolute atomic E-state index is 6.28. The van der Waals surface area contributed by atoms with Crippen LogP contribution in [0.3, 0.4) is 0 Å². The molecule has 1 aromatic heterocycles. The van der Waals surface area contributed by atoms with Gasteiger partial charge in [-0.25, -0.2) is 0 Å². The van der Waals surface area contributed by atoms with Gasteiger partial charge in [0.1, 0.15) is 11.2 Å². The highest BCUT2D eigenvalue weighted by Gasteiger charge is 2.09. The predicted molar refractivity (Wildman–Crippen MR) is 89.2 cm³/mol. The smallest absolute Gasteiger partial charge is 0.136 e. The van der Waals surface area contributed by atoms with Crippen LogP contribution in [0.25, 0.3) is 33.1 Å². The summed E-state index contributed by atoms with van der Waals surface area (Å²) in [6.45, 7) is 0. The Morgan fingerprint density at radius 3 is 2.38 bits per heavy atom. The van der Waals surface area contributed by atoms with Crippen LogP contribution in [0.5, 0.6) is 0 Å². The summed E-state index contributed by atoms with van der Waals surface area (Å²) in [6.07, 6.45) is 0. The summed E-state index contributed by atoms with van der Waals surface area (Å²) in [5.74, 6) is 0. The van der Waals surface area contributed by atoms with Gasteiger partial charge >= 0.3 is 0 Å². The van der Waals surface area contributed by atoms with Gasteiger partial charge in [0.15, 0.2) is 0 Å². The van der Waals surface area contributed by atoms with Crippen LogP contribution in [-0.4, -0.2) is 0 Å². The molecular weight excluding hydrogens is 303 g/mol. The van der Waals surface area contributed by atoms with E-state index < -0.39 is 0 Å². The van der Waals surface area contributed by atoms with Gasteiger partial charge in [0, 0.05) is 26.4 Å². The maximum atomic E-state index is 6.28. The minimum atomic E-state index is 0.633. The molecule has 0 fully saturated rings. The maximum Gasteiger partial charge on any atom is 0.136 e. The van der Waals surface area contributed by atoms with Gasteiger partial charge in [0.25, 0.3) is 0 Å². The first-order chi connectivity index (χ1) is 10.2.